The molecule has 0 N–H and O–H groups in total. The fraction of sp³-hybridized carbons (Fsp3) is 0.500. The van der Waals surface area contributed by atoms with Crippen LogP contribution in [0.3, 0.4) is 0 Å². The Morgan fingerprint density at radius 2 is 2.00 bits per heavy atom. The number of piperidine rings is 1. The van der Waals surface area contributed by atoms with E-state index in [1.54, 1.807) is 24.8 Å². The lowest BCUT2D eigenvalue weighted by Crippen LogP contribution is -2.54. The molecule has 1 amide bonds. The molecule has 2 aromatic heterocycles. The van der Waals surface area contributed by atoms with E-state index in [-0.39, 0.29) is 47.9 Å². The van der Waals surface area contributed by atoms with Crippen molar-refractivity contribution in [2.24, 2.45) is 11.8 Å². The quantitative estimate of drug-likeness (QED) is 0.457. The zero-order valence-electron chi connectivity index (χ0n) is 21.9. The summed E-state index contributed by atoms with van der Waals surface area (Å²) in [6.07, 6.45) is -2.86. The predicted molar refractivity (Wildman–Crippen MR) is 132 cm³/mol. The molecule has 3 aromatic rings. The summed E-state index contributed by atoms with van der Waals surface area (Å²) in [5.41, 5.74) is -0.118. The summed E-state index contributed by atoms with van der Waals surface area (Å²) in [7, 11) is 1.36. The van der Waals surface area contributed by atoms with Crippen LogP contribution in [0.2, 0.25) is 0 Å². The van der Waals surface area contributed by atoms with Crippen LogP contribution in [0.1, 0.15) is 44.4 Å². The second-order valence-electron chi connectivity index (χ2n) is 10.7. The molecule has 4 heterocycles. The van der Waals surface area contributed by atoms with Crippen LogP contribution < -0.4 is 9.64 Å². The highest BCUT2D eigenvalue weighted by Gasteiger charge is 2.46. The fourth-order valence-electron chi connectivity index (χ4n) is 5.89. The Balaban J connectivity index is 1.39. The molecular weight excluding hydrogens is 518 g/mol. The summed E-state index contributed by atoms with van der Waals surface area (Å²) < 4.78 is 61.5. The van der Waals surface area contributed by atoms with E-state index in [4.69, 9.17) is 4.74 Å². The molecule has 13 heteroatoms. The SMILES string of the molecule is COc1ccc2c(N3CC[C@H](C(=O)N4Cc5nnc(C(F)(F)F)n5C(C)(C)C4)[C@H](C)C3)c(C#N)cnc2c1F. The number of hydrogen-bond acceptors (Lipinski definition) is 7. The molecule has 1 saturated heterocycles. The van der Waals surface area contributed by atoms with Gasteiger partial charge in [0.05, 0.1) is 30.4 Å². The van der Waals surface area contributed by atoms with Gasteiger partial charge in [-0.1, -0.05) is 6.92 Å². The number of amides is 1. The topological polar surface area (TPSA) is 100 Å². The molecule has 1 aromatic carbocycles. The van der Waals surface area contributed by atoms with Crippen molar-refractivity contribution >= 4 is 22.5 Å². The number of anilines is 1. The van der Waals surface area contributed by atoms with Gasteiger partial charge in [-0.2, -0.15) is 18.4 Å². The second kappa shape index (κ2) is 9.36. The highest BCUT2D eigenvalue weighted by atomic mass is 19.4. The first kappa shape index (κ1) is 26.6. The Morgan fingerprint density at radius 1 is 1.26 bits per heavy atom. The van der Waals surface area contributed by atoms with E-state index in [0.29, 0.717) is 36.1 Å². The van der Waals surface area contributed by atoms with Gasteiger partial charge in [0.2, 0.25) is 11.7 Å². The first-order valence-electron chi connectivity index (χ1n) is 12.5. The van der Waals surface area contributed by atoms with Crippen LogP contribution in [-0.2, 0) is 23.1 Å². The van der Waals surface area contributed by atoms with E-state index in [1.165, 1.54) is 19.4 Å². The number of alkyl halides is 3. The van der Waals surface area contributed by atoms with Crippen LogP contribution in [0.4, 0.5) is 23.2 Å². The van der Waals surface area contributed by atoms with Gasteiger partial charge < -0.3 is 14.5 Å². The van der Waals surface area contributed by atoms with Gasteiger partial charge in [0, 0.05) is 37.1 Å². The number of hydrogen-bond donors (Lipinski definition) is 0. The van der Waals surface area contributed by atoms with E-state index >= 15 is 0 Å². The maximum Gasteiger partial charge on any atom is 0.451 e. The van der Waals surface area contributed by atoms with Gasteiger partial charge in [0.15, 0.2) is 17.4 Å². The number of carbonyl (C=O) groups is 1. The van der Waals surface area contributed by atoms with Crippen LogP contribution >= 0.6 is 0 Å². The minimum atomic E-state index is -4.65. The molecule has 0 radical (unpaired) electrons. The summed E-state index contributed by atoms with van der Waals surface area (Å²) in [4.78, 5) is 21.3. The lowest BCUT2D eigenvalue weighted by Gasteiger charge is -2.44. The molecule has 0 saturated carbocycles. The molecule has 0 unspecified atom stereocenters. The van der Waals surface area contributed by atoms with Crippen molar-refractivity contribution in [1.82, 2.24) is 24.6 Å². The van der Waals surface area contributed by atoms with Gasteiger partial charge in [0.1, 0.15) is 11.6 Å². The number of nitriles is 1. The van der Waals surface area contributed by atoms with Crippen molar-refractivity contribution in [1.29, 1.82) is 5.26 Å². The van der Waals surface area contributed by atoms with E-state index in [9.17, 15) is 27.6 Å². The summed E-state index contributed by atoms with van der Waals surface area (Å²) in [6.45, 7) is 6.05. The molecule has 0 aliphatic carbocycles. The first-order chi connectivity index (χ1) is 18.4. The number of aromatic nitrogens is 4. The number of methoxy groups -OCH3 is 1. The molecule has 2 aliphatic heterocycles. The molecule has 206 valence electrons. The molecule has 2 atom stereocenters. The Morgan fingerprint density at radius 3 is 2.64 bits per heavy atom. The van der Waals surface area contributed by atoms with E-state index in [2.05, 4.69) is 21.3 Å². The number of rotatable bonds is 3. The fourth-order valence-corrected chi connectivity index (χ4v) is 5.89. The van der Waals surface area contributed by atoms with Gasteiger partial charge in [0.25, 0.3) is 0 Å². The van der Waals surface area contributed by atoms with Gasteiger partial charge in [-0.3, -0.25) is 14.3 Å². The molecule has 5 rings (SSSR count). The van der Waals surface area contributed by atoms with Crippen LogP contribution in [0.15, 0.2) is 18.3 Å². The van der Waals surface area contributed by atoms with E-state index in [0.717, 1.165) is 4.57 Å². The zero-order chi connectivity index (χ0) is 28.3. The van der Waals surface area contributed by atoms with Crippen molar-refractivity contribution in [3.63, 3.8) is 0 Å². The van der Waals surface area contributed by atoms with Crippen LogP contribution in [-0.4, -0.2) is 57.3 Å². The normalized spacial score (nSPS) is 21.0. The molecule has 0 spiro atoms. The summed E-state index contributed by atoms with van der Waals surface area (Å²) >= 11 is 0. The van der Waals surface area contributed by atoms with E-state index < -0.39 is 23.4 Å². The Kier molecular flexibility index (Phi) is 6.39. The highest BCUT2D eigenvalue weighted by molar-refractivity contribution is 5.95. The number of benzene rings is 1. The van der Waals surface area contributed by atoms with Crippen LogP contribution in [0.25, 0.3) is 10.9 Å². The number of pyridine rings is 1. The smallest absolute Gasteiger partial charge is 0.451 e. The lowest BCUT2D eigenvalue weighted by atomic mass is 9.84. The molecule has 0 bridgehead atoms. The molecular formula is C26H27F4N7O2. The predicted octanol–water partition coefficient (Wildman–Crippen LogP) is 4.10. The Bertz CT molecular complexity index is 1490. The summed E-state index contributed by atoms with van der Waals surface area (Å²) in [5, 5.41) is 17.3. The van der Waals surface area contributed by atoms with E-state index in [1.807, 2.05) is 11.8 Å². The third-order valence-corrected chi connectivity index (χ3v) is 7.60. The highest BCUT2D eigenvalue weighted by Crippen LogP contribution is 2.39. The van der Waals surface area contributed by atoms with Crippen molar-refractivity contribution in [2.75, 3.05) is 31.6 Å². The number of fused-ring (bicyclic) bond motifs is 2. The van der Waals surface area contributed by atoms with Gasteiger partial charge in [-0.25, -0.2) is 4.39 Å². The average Bonchev–Trinajstić information content (AvgIpc) is 3.34. The van der Waals surface area contributed by atoms with Crippen molar-refractivity contribution in [3.8, 4) is 11.8 Å². The summed E-state index contributed by atoms with van der Waals surface area (Å²) in [5.74, 6) is -2.24. The monoisotopic (exact) mass is 545 g/mol. The minimum Gasteiger partial charge on any atom is -0.494 e. The number of ether oxygens (including phenoxy) is 1. The Labute approximate surface area is 222 Å². The third-order valence-electron chi connectivity index (χ3n) is 7.60. The Hall–Kier alpha value is -3.95. The number of nitrogens with zero attached hydrogens (tertiary/aromatic N) is 7. The third kappa shape index (κ3) is 4.41. The molecule has 9 nitrogen and oxygen atoms in total. The lowest BCUT2D eigenvalue weighted by molar-refractivity contribution is -0.151. The van der Waals surface area contributed by atoms with Crippen LogP contribution in [0.5, 0.6) is 5.75 Å². The number of halogens is 4. The largest absolute Gasteiger partial charge is 0.494 e. The first-order valence-corrected chi connectivity index (χ1v) is 12.5. The van der Waals surface area contributed by atoms with Gasteiger partial charge in [-0.15, -0.1) is 10.2 Å². The second-order valence-corrected chi connectivity index (χ2v) is 10.7. The minimum absolute atomic E-state index is 0.0472. The van der Waals surface area contributed by atoms with Gasteiger partial charge in [-0.05, 0) is 38.3 Å². The van der Waals surface area contributed by atoms with Crippen molar-refractivity contribution < 1.29 is 27.1 Å². The zero-order valence-corrected chi connectivity index (χ0v) is 21.9. The molecule has 1 fully saturated rings. The number of carbonyl (C=O) groups excluding carboxylic acids is 1. The maximum absolute atomic E-state index is 14.9. The standard InChI is InChI=1S/C26H27F4N7O2/c1-14-11-35(22-15(9-31)10-32-21-17(22)5-6-18(39-4)20(21)27)8-7-16(14)23(38)36-12-19-33-34-24(26(28,29)30)37(19)25(2,3)13-36/h5-6,10,14,16H,7-8,11-13H2,1-4H3/t14-,16+/m1/s1. The van der Waals surface area contributed by atoms with Crippen molar-refractivity contribution in [2.45, 2.75) is 45.5 Å². The molecule has 2 aliphatic rings. The van der Waals surface area contributed by atoms with Gasteiger partial charge >= 0.3 is 6.18 Å². The van der Waals surface area contributed by atoms with Crippen molar-refractivity contribution in [3.05, 3.63) is 41.4 Å². The average molecular weight is 546 g/mol. The molecule has 39 heavy (non-hydrogen) atoms. The summed E-state index contributed by atoms with van der Waals surface area (Å²) in [6, 6.07) is 5.30. The maximum atomic E-state index is 14.9. The van der Waals surface area contributed by atoms with Crippen LogP contribution in [0, 0.1) is 29.0 Å².